The first-order chi connectivity index (χ1) is 11.0. The Morgan fingerprint density at radius 1 is 1.09 bits per heavy atom. The van der Waals surface area contributed by atoms with Gasteiger partial charge in [0.15, 0.2) is 0 Å². The van der Waals surface area contributed by atoms with Gasteiger partial charge in [-0.3, -0.25) is 9.59 Å². The third kappa shape index (κ3) is 4.32. The van der Waals surface area contributed by atoms with E-state index in [1.54, 1.807) is 24.3 Å². The number of anilines is 1. The predicted molar refractivity (Wildman–Crippen MR) is 89.9 cm³/mol. The molecule has 0 aliphatic heterocycles. The van der Waals surface area contributed by atoms with Gasteiger partial charge >= 0.3 is 0 Å². The van der Waals surface area contributed by atoms with E-state index in [9.17, 15) is 9.59 Å². The van der Waals surface area contributed by atoms with Crippen molar-refractivity contribution in [3.05, 3.63) is 59.2 Å². The second-order valence-corrected chi connectivity index (χ2v) is 5.25. The zero-order valence-corrected chi connectivity index (χ0v) is 13.5. The lowest BCUT2D eigenvalue weighted by atomic mass is 10.1. The average Bonchev–Trinajstić information content (AvgIpc) is 2.56. The molecule has 0 atom stereocenters. The molecular formula is C18H20N2O3. The van der Waals surface area contributed by atoms with Crippen LogP contribution in [0.3, 0.4) is 0 Å². The Balaban J connectivity index is 1.96. The molecule has 0 saturated heterocycles. The molecule has 120 valence electrons. The normalized spacial score (nSPS) is 10.0. The molecule has 0 unspecified atom stereocenters. The molecule has 0 spiro atoms. The van der Waals surface area contributed by atoms with E-state index in [2.05, 4.69) is 10.6 Å². The summed E-state index contributed by atoms with van der Waals surface area (Å²) in [7, 11) is 1.50. The fraction of sp³-hybridized carbons (Fsp3) is 0.222. The third-order valence-corrected chi connectivity index (χ3v) is 3.43. The lowest BCUT2D eigenvalue weighted by Crippen LogP contribution is -2.33. The molecule has 2 aromatic rings. The van der Waals surface area contributed by atoms with Crippen LogP contribution in [0.1, 0.15) is 21.5 Å². The Labute approximate surface area is 135 Å². The Kier molecular flexibility index (Phi) is 5.36. The molecule has 0 bridgehead atoms. The first kappa shape index (κ1) is 16.5. The Morgan fingerprint density at radius 3 is 2.57 bits per heavy atom. The van der Waals surface area contributed by atoms with Crippen molar-refractivity contribution in [1.82, 2.24) is 5.32 Å². The highest BCUT2D eigenvalue weighted by molar-refractivity contribution is 6.01. The van der Waals surface area contributed by atoms with Crippen LogP contribution in [0.25, 0.3) is 0 Å². The number of methoxy groups -OCH3 is 1. The van der Waals surface area contributed by atoms with E-state index in [0.717, 1.165) is 16.8 Å². The van der Waals surface area contributed by atoms with Crippen molar-refractivity contribution in [2.45, 2.75) is 13.8 Å². The predicted octanol–water partition coefficient (Wildman–Crippen LogP) is 2.68. The van der Waals surface area contributed by atoms with Crippen molar-refractivity contribution in [1.29, 1.82) is 0 Å². The summed E-state index contributed by atoms with van der Waals surface area (Å²) in [5.41, 5.74) is 3.18. The number of ether oxygens (including phenoxy) is 1. The van der Waals surface area contributed by atoms with Gasteiger partial charge in [0, 0.05) is 5.69 Å². The molecule has 0 fully saturated rings. The standard InChI is InChI=1S/C18H20N2O3/c1-12-8-9-13(2)15(10-12)20-17(21)11-19-18(22)14-6-4-5-7-16(14)23-3/h4-10H,11H2,1-3H3,(H,19,22)(H,20,21). The number of carbonyl (C=O) groups is 2. The van der Waals surface area contributed by atoms with Crippen molar-refractivity contribution >= 4 is 17.5 Å². The molecule has 0 saturated carbocycles. The summed E-state index contributed by atoms with van der Waals surface area (Å²) in [4.78, 5) is 24.1. The maximum absolute atomic E-state index is 12.1. The van der Waals surface area contributed by atoms with Crippen molar-refractivity contribution in [2.75, 3.05) is 19.0 Å². The number of amides is 2. The van der Waals surface area contributed by atoms with Crippen LogP contribution in [0.5, 0.6) is 5.75 Å². The molecule has 2 amide bonds. The number of rotatable bonds is 5. The number of benzene rings is 2. The minimum Gasteiger partial charge on any atom is -0.496 e. The number of nitrogens with one attached hydrogen (secondary N) is 2. The maximum Gasteiger partial charge on any atom is 0.255 e. The van der Waals surface area contributed by atoms with Gasteiger partial charge in [-0.25, -0.2) is 0 Å². The topological polar surface area (TPSA) is 67.4 Å². The van der Waals surface area contributed by atoms with Gasteiger partial charge in [-0.2, -0.15) is 0 Å². The van der Waals surface area contributed by atoms with Gasteiger partial charge in [0.25, 0.3) is 5.91 Å². The van der Waals surface area contributed by atoms with E-state index in [-0.39, 0.29) is 18.4 Å². The SMILES string of the molecule is COc1ccccc1C(=O)NCC(=O)Nc1cc(C)ccc1C. The molecule has 5 nitrogen and oxygen atoms in total. The first-order valence-electron chi connectivity index (χ1n) is 7.29. The van der Waals surface area contributed by atoms with Gasteiger partial charge in [-0.15, -0.1) is 0 Å². The Hall–Kier alpha value is -2.82. The van der Waals surface area contributed by atoms with Crippen LogP contribution in [0.2, 0.25) is 0 Å². The molecule has 0 radical (unpaired) electrons. The molecule has 0 heterocycles. The molecule has 0 aliphatic carbocycles. The summed E-state index contributed by atoms with van der Waals surface area (Å²) in [5.74, 6) is -0.152. The maximum atomic E-state index is 12.1. The quantitative estimate of drug-likeness (QED) is 0.892. The molecule has 2 rings (SSSR count). The Morgan fingerprint density at radius 2 is 1.83 bits per heavy atom. The van der Waals surface area contributed by atoms with Gasteiger partial charge in [-0.1, -0.05) is 24.3 Å². The van der Waals surface area contributed by atoms with E-state index in [1.165, 1.54) is 7.11 Å². The van der Waals surface area contributed by atoms with Gasteiger partial charge < -0.3 is 15.4 Å². The summed E-state index contributed by atoms with van der Waals surface area (Å²) in [6, 6.07) is 12.7. The van der Waals surface area contributed by atoms with Crippen LogP contribution in [-0.2, 0) is 4.79 Å². The van der Waals surface area contributed by atoms with Gasteiger partial charge in [0.2, 0.25) is 5.91 Å². The lowest BCUT2D eigenvalue weighted by molar-refractivity contribution is -0.115. The number of hydrogen-bond donors (Lipinski definition) is 2. The van der Waals surface area contributed by atoms with Crippen LogP contribution < -0.4 is 15.4 Å². The smallest absolute Gasteiger partial charge is 0.255 e. The monoisotopic (exact) mass is 312 g/mol. The molecular weight excluding hydrogens is 292 g/mol. The minimum absolute atomic E-state index is 0.107. The molecule has 2 aromatic carbocycles. The van der Waals surface area contributed by atoms with Gasteiger partial charge in [-0.05, 0) is 43.2 Å². The highest BCUT2D eigenvalue weighted by Crippen LogP contribution is 2.17. The van der Waals surface area contributed by atoms with E-state index in [0.29, 0.717) is 11.3 Å². The second kappa shape index (κ2) is 7.45. The van der Waals surface area contributed by atoms with Crippen LogP contribution >= 0.6 is 0 Å². The van der Waals surface area contributed by atoms with E-state index in [4.69, 9.17) is 4.74 Å². The Bertz CT molecular complexity index is 726. The number of para-hydroxylation sites is 1. The average molecular weight is 312 g/mol. The largest absolute Gasteiger partial charge is 0.496 e. The van der Waals surface area contributed by atoms with E-state index < -0.39 is 0 Å². The van der Waals surface area contributed by atoms with Gasteiger partial charge in [0.1, 0.15) is 5.75 Å². The summed E-state index contributed by atoms with van der Waals surface area (Å²) >= 11 is 0. The van der Waals surface area contributed by atoms with Crippen molar-refractivity contribution in [2.24, 2.45) is 0 Å². The van der Waals surface area contributed by atoms with Crippen molar-refractivity contribution in [3.8, 4) is 5.75 Å². The van der Waals surface area contributed by atoms with Crippen molar-refractivity contribution in [3.63, 3.8) is 0 Å². The minimum atomic E-state index is -0.349. The fourth-order valence-electron chi connectivity index (χ4n) is 2.15. The van der Waals surface area contributed by atoms with Crippen LogP contribution in [-0.4, -0.2) is 25.5 Å². The summed E-state index contributed by atoms with van der Waals surface area (Å²) in [5, 5.41) is 5.40. The highest BCUT2D eigenvalue weighted by atomic mass is 16.5. The summed E-state index contributed by atoms with van der Waals surface area (Å²) in [6.07, 6.45) is 0. The van der Waals surface area contributed by atoms with E-state index in [1.807, 2.05) is 32.0 Å². The summed E-state index contributed by atoms with van der Waals surface area (Å²) in [6.45, 7) is 3.77. The number of carbonyl (C=O) groups excluding carboxylic acids is 2. The molecule has 23 heavy (non-hydrogen) atoms. The molecule has 0 aliphatic rings. The zero-order chi connectivity index (χ0) is 16.8. The number of aryl methyl sites for hydroxylation is 2. The zero-order valence-electron chi connectivity index (χ0n) is 13.5. The highest BCUT2D eigenvalue weighted by Gasteiger charge is 2.13. The molecule has 2 N–H and O–H groups in total. The van der Waals surface area contributed by atoms with Crippen LogP contribution in [0.4, 0.5) is 5.69 Å². The second-order valence-electron chi connectivity index (χ2n) is 5.25. The molecule has 5 heteroatoms. The fourth-order valence-corrected chi connectivity index (χ4v) is 2.15. The number of hydrogen-bond acceptors (Lipinski definition) is 3. The summed E-state index contributed by atoms with van der Waals surface area (Å²) < 4.78 is 5.14. The van der Waals surface area contributed by atoms with E-state index >= 15 is 0 Å². The molecule has 0 aromatic heterocycles. The first-order valence-corrected chi connectivity index (χ1v) is 7.29. The van der Waals surface area contributed by atoms with Crippen LogP contribution in [0, 0.1) is 13.8 Å². The van der Waals surface area contributed by atoms with Crippen molar-refractivity contribution < 1.29 is 14.3 Å². The lowest BCUT2D eigenvalue weighted by Gasteiger charge is -2.11. The van der Waals surface area contributed by atoms with Crippen LogP contribution in [0.15, 0.2) is 42.5 Å². The third-order valence-electron chi connectivity index (χ3n) is 3.43. The van der Waals surface area contributed by atoms with Gasteiger partial charge in [0.05, 0.1) is 19.2 Å².